The van der Waals surface area contributed by atoms with E-state index in [9.17, 15) is 8.42 Å². The number of aromatic nitrogens is 3. The van der Waals surface area contributed by atoms with E-state index in [0.717, 1.165) is 25.9 Å². The maximum absolute atomic E-state index is 11.8. The molecule has 19 heavy (non-hydrogen) atoms. The molecule has 0 aliphatic rings. The molecule has 8 heteroatoms. The highest BCUT2D eigenvalue weighted by atomic mass is 32.2. The molecule has 1 aromatic rings. The third kappa shape index (κ3) is 6.65. The molecule has 0 bridgehead atoms. The highest BCUT2D eigenvalue weighted by Gasteiger charge is 2.17. The molecule has 3 N–H and O–H groups in total. The zero-order valence-corrected chi connectivity index (χ0v) is 12.3. The summed E-state index contributed by atoms with van der Waals surface area (Å²) < 4.78 is 26.2. The second-order valence-electron chi connectivity index (χ2n) is 4.49. The van der Waals surface area contributed by atoms with Crippen molar-refractivity contribution >= 4 is 10.0 Å². The van der Waals surface area contributed by atoms with Crippen molar-refractivity contribution in [3.8, 4) is 0 Å². The van der Waals surface area contributed by atoms with E-state index < -0.39 is 10.0 Å². The van der Waals surface area contributed by atoms with Crippen molar-refractivity contribution in [2.45, 2.75) is 39.2 Å². The van der Waals surface area contributed by atoms with E-state index in [1.54, 1.807) is 6.92 Å². The summed E-state index contributed by atoms with van der Waals surface area (Å²) in [7, 11) is -3.27. The van der Waals surface area contributed by atoms with Gasteiger partial charge in [-0.2, -0.15) is 5.10 Å². The third-order valence-corrected chi connectivity index (χ3v) is 4.18. The van der Waals surface area contributed by atoms with Crippen molar-refractivity contribution in [1.82, 2.24) is 25.2 Å². The van der Waals surface area contributed by atoms with E-state index in [1.165, 1.54) is 6.33 Å². The highest BCUT2D eigenvalue weighted by molar-refractivity contribution is 7.89. The van der Waals surface area contributed by atoms with Crippen LogP contribution in [-0.2, 0) is 10.0 Å². The third-order valence-electron chi connectivity index (χ3n) is 2.64. The molecule has 0 saturated heterocycles. The van der Waals surface area contributed by atoms with Crippen LogP contribution < -0.4 is 10.0 Å². The van der Waals surface area contributed by atoms with Crippen LogP contribution in [0, 0.1) is 0 Å². The van der Waals surface area contributed by atoms with Crippen LogP contribution in [0.4, 0.5) is 0 Å². The van der Waals surface area contributed by atoms with Crippen LogP contribution >= 0.6 is 0 Å². The number of unbranched alkanes of at least 4 members (excludes halogenated alkanes) is 1. The Kier molecular flexibility index (Phi) is 6.96. The summed E-state index contributed by atoms with van der Waals surface area (Å²) >= 11 is 0. The van der Waals surface area contributed by atoms with E-state index in [0.29, 0.717) is 12.2 Å². The molecule has 1 rings (SSSR count). The lowest BCUT2D eigenvalue weighted by atomic mass is 10.3. The van der Waals surface area contributed by atoms with Gasteiger partial charge in [-0.15, -0.1) is 0 Å². The van der Waals surface area contributed by atoms with Gasteiger partial charge in [0.1, 0.15) is 12.2 Å². The minimum absolute atomic E-state index is 0.138. The van der Waals surface area contributed by atoms with Crippen molar-refractivity contribution in [2.24, 2.45) is 0 Å². The summed E-state index contributed by atoms with van der Waals surface area (Å²) in [6, 6.07) is -0.384. The van der Waals surface area contributed by atoms with Crippen molar-refractivity contribution in [1.29, 1.82) is 0 Å². The molecule has 0 aliphatic carbocycles. The largest absolute Gasteiger partial charge is 0.317 e. The summed E-state index contributed by atoms with van der Waals surface area (Å²) in [5.74, 6) is 0.660. The summed E-state index contributed by atoms with van der Waals surface area (Å²) in [5, 5.41) is 9.60. The van der Waals surface area contributed by atoms with Crippen LogP contribution in [0.2, 0.25) is 0 Å². The second kappa shape index (κ2) is 8.23. The summed E-state index contributed by atoms with van der Waals surface area (Å²) in [5.41, 5.74) is 0. The van der Waals surface area contributed by atoms with Gasteiger partial charge in [-0.05, 0) is 39.3 Å². The van der Waals surface area contributed by atoms with Gasteiger partial charge in [-0.25, -0.2) is 18.1 Å². The molecule has 7 nitrogen and oxygen atoms in total. The summed E-state index contributed by atoms with van der Waals surface area (Å²) in [6.45, 7) is 5.68. The predicted octanol–water partition coefficient (Wildman–Crippen LogP) is 0.565. The van der Waals surface area contributed by atoms with Crippen LogP contribution in [0.25, 0.3) is 0 Å². The van der Waals surface area contributed by atoms with Crippen molar-refractivity contribution in [3.63, 3.8) is 0 Å². The molecule has 1 aromatic heterocycles. The van der Waals surface area contributed by atoms with Crippen LogP contribution in [0.1, 0.15) is 45.0 Å². The molecular weight excluding hydrogens is 266 g/mol. The Hall–Kier alpha value is -0.990. The molecule has 0 amide bonds. The molecular formula is C11H23N5O2S. The number of aromatic amines is 1. The van der Waals surface area contributed by atoms with E-state index in [1.807, 2.05) is 0 Å². The number of sulfonamides is 1. The van der Waals surface area contributed by atoms with Gasteiger partial charge in [0.25, 0.3) is 0 Å². The van der Waals surface area contributed by atoms with E-state index in [-0.39, 0.29) is 11.8 Å². The smallest absolute Gasteiger partial charge is 0.212 e. The first-order valence-electron chi connectivity index (χ1n) is 6.61. The molecule has 110 valence electrons. The van der Waals surface area contributed by atoms with Gasteiger partial charge in [0.05, 0.1) is 11.8 Å². The van der Waals surface area contributed by atoms with Gasteiger partial charge in [0.15, 0.2) is 0 Å². The van der Waals surface area contributed by atoms with Gasteiger partial charge in [0, 0.05) is 0 Å². The number of rotatable bonds is 10. The molecule has 1 heterocycles. The standard InChI is InChI=1S/C11H23N5O2S/c1-3-6-12-7-4-5-8-19(17,18)16-10(2)11-13-9-14-15-11/h9-10,12,16H,3-8H2,1-2H3,(H,13,14,15). The fraction of sp³-hybridized carbons (Fsp3) is 0.818. The van der Waals surface area contributed by atoms with Crippen molar-refractivity contribution in [3.05, 3.63) is 12.2 Å². The van der Waals surface area contributed by atoms with Gasteiger partial charge < -0.3 is 5.32 Å². The van der Waals surface area contributed by atoms with Gasteiger partial charge in [-0.1, -0.05) is 6.92 Å². The average Bonchev–Trinajstić information content (AvgIpc) is 2.87. The fourth-order valence-corrected chi connectivity index (χ4v) is 3.00. The van der Waals surface area contributed by atoms with Crippen LogP contribution in [0.15, 0.2) is 6.33 Å². The number of nitrogens with zero attached hydrogens (tertiary/aromatic N) is 2. The molecule has 1 atom stereocenters. The summed E-state index contributed by atoms with van der Waals surface area (Å²) in [6.07, 6.45) is 3.96. The maximum atomic E-state index is 11.8. The Morgan fingerprint density at radius 3 is 2.79 bits per heavy atom. The second-order valence-corrected chi connectivity index (χ2v) is 6.36. The minimum Gasteiger partial charge on any atom is -0.317 e. The van der Waals surface area contributed by atoms with Crippen molar-refractivity contribution < 1.29 is 8.42 Å². The van der Waals surface area contributed by atoms with E-state index in [2.05, 4.69) is 32.1 Å². The Bertz CT molecular complexity index is 432. The van der Waals surface area contributed by atoms with E-state index in [4.69, 9.17) is 0 Å². The lowest BCUT2D eigenvalue weighted by Crippen LogP contribution is -2.30. The molecule has 0 spiro atoms. The van der Waals surface area contributed by atoms with E-state index >= 15 is 0 Å². The highest BCUT2D eigenvalue weighted by Crippen LogP contribution is 2.07. The van der Waals surface area contributed by atoms with Crippen LogP contribution in [-0.4, -0.2) is 42.4 Å². The zero-order valence-electron chi connectivity index (χ0n) is 11.5. The fourth-order valence-electron chi connectivity index (χ4n) is 1.65. The predicted molar refractivity (Wildman–Crippen MR) is 74.1 cm³/mol. The lowest BCUT2D eigenvalue weighted by Gasteiger charge is -2.11. The molecule has 1 unspecified atom stereocenters. The monoisotopic (exact) mass is 289 g/mol. The first-order chi connectivity index (χ1) is 9.05. The Morgan fingerprint density at radius 1 is 1.37 bits per heavy atom. The van der Waals surface area contributed by atoms with Gasteiger partial charge in [0.2, 0.25) is 10.0 Å². The normalized spacial score (nSPS) is 13.6. The Morgan fingerprint density at radius 2 is 2.16 bits per heavy atom. The first-order valence-corrected chi connectivity index (χ1v) is 8.26. The van der Waals surface area contributed by atoms with Gasteiger partial charge >= 0.3 is 0 Å². The average molecular weight is 289 g/mol. The lowest BCUT2D eigenvalue weighted by molar-refractivity contribution is 0.554. The van der Waals surface area contributed by atoms with Crippen LogP contribution in [0.3, 0.4) is 0 Å². The minimum atomic E-state index is -3.27. The molecule has 0 fully saturated rings. The topological polar surface area (TPSA) is 99.8 Å². The summed E-state index contributed by atoms with van der Waals surface area (Å²) in [4.78, 5) is 3.93. The number of hydrogen-bond donors (Lipinski definition) is 3. The first kappa shape index (κ1) is 16.1. The quantitative estimate of drug-likeness (QED) is 0.547. The Labute approximate surface area is 114 Å². The number of nitrogens with one attached hydrogen (secondary N) is 3. The van der Waals surface area contributed by atoms with Crippen molar-refractivity contribution in [2.75, 3.05) is 18.8 Å². The van der Waals surface area contributed by atoms with Gasteiger partial charge in [-0.3, -0.25) is 5.10 Å². The molecule has 0 saturated carbocycles. The molecule has 0 aliphatic heterocycles. The number of H-pyrrole nitrogens is 1. The molecule has 0 aromatic carbocycles. The zero-order chi connectivity index (χ0) is 14.1. The maximum Gasteiger partial charge on any atom is 0.212 e. The van der Waals surface area contributed by atoms with Crippen LogP contribution in [0.5, 0.6) is 0 Å². The SMILES string of the molecule is CCCNCCCCS(=O)(=O)NC(C)c1ncn[nH]1. The Balaban J connectivity index is 2.24. The molecule has 0 radical (unpaired) electrons. The number of hydrogen-bond acceptors (Lipinski definition) is 5.